The number of halogens is 2. The molecule has 0 radical (unpaired) electrons. The van der Waals surface area contributed by atoms with Gasteiger partial charge in [0, 0.05) is 15.6 Å². The molecule has 2 amide bonds. The third-order valence-corrected chi connectivity index (χ3v) is 4.59. The fraction of sp³-hybridized carbons (Fsp3) is 0.0556. The van der Waals surface area contributed by atoms with Gasteiger partial charge in [-0.05, 0) is 55.0 Å². The van der Waals surface area contributed by atoms with Gasteiger partial charge in [-0.15, -0.1) is 0 Å². The van der Waals surface area contributed by atoms with E-state index >= 15 is 0 Å². The molecule has 1 aliphatic rings. The monoisotopic (exact) mass is 390 g/mol. The fourth-order valence-electron chi connectivity index (χ4n) is 2.45. The summed E-state index contributed by atoms with van der Waals surface area (Å²) in [5, 5.41) is 3.25. The minimum Gasteiger partial charge on any atom is -0.298 e. The zero-order valence-corrected chi connectivity index (χ0v) is 15.4. The Bertz CT molecular complexity index is 920. The normalized spacial score (nSPS) is 16.4. The molecule has 0 saturated carbocycles. The van der Waals surface area contributed by atoms with Crippen LogP contribution in [-0.4, -0.2) is 16.9 Å². The lowest BCUT2D eigenvalue weighted by molar-refractivity contribution is -0.122. The summed E-state index contributed by atoms with van der Waals surface area (Å²) < 4.78 is 0. The lowest BCUT2D eigenvalue weighted by Crippen LogP contribution is -2.54. The maximum absolute atomic E-state index is 12.9. The lowest BCUT2D eigenvalue weighted by Gasteiger charge is -2.29. The number of amides is 2. The maximum atomic E-state index is 12.9. The number of hydrogen-bond acceptors (Lipinski definition) is 3. The number of nitrogens with one attached hydrogen (secondary N) is 1. The molecule has 0 aromatic heterocycles. The first-order valence-corrected chi connectivity index (χ1v) is 8.47. The first-order valence-electron chi connectivity index (χ1n) is 7.30. The van der Waals surface area contributed by atoms with Gasteiger partial charge in [0.2, 0.25) is 0 Å². The molecule has 2 aromatic rings. The molecule has 3 rings (SSSR count). The van der Waals surface area contributed by atoms with Crippen molar-refractivity contribution < 1.29 is 9.59 Å². The Morgan fingerprint density at radius 2 is 1.72 bits per heavy atom. The number of rotatable bonds is 2. The van der Waals surface area contributed by atoms with Crippen LogP contribution in [0.1, 0.15) is 11.1 Å². The zero-order chi connectivity index (χ0) is 18.1. The zero-order valence-electron chi connectivity index (χ0n) is 13.0. The van der Waals surface area contributed by atoms with Crippen molar-refractivity contribution in [1.82, 2.24) is 5.32 Å². The predicted octanol–water partition coefficient (Wildman–Crippen LogP) is 4.13. The molecule has 2 aromatic carbocycles. The Hall–Kier alpha value is -2.21. The molecule has 0 aliphatic carbocycles. The van der Waals surface area contributed by atoms with E-state index in [0.29, 0.717) is 21.3 Å². The smallest absolute Gasteiger partial charge is 0.270 e. The van der Waals surface area contributed by atoms with Crippen LogP contribution in [-0.2, 0) is 9.59 Å². The highest BCUT2D eigenvalue weighted by Crippen LogP contribution is 2.29. The Kier molecular flexibility index (Phi) is 4.90. The van der Waals surface area contributed by atoms with E-state index in [1.165, 1.54) is 11.0 Å². The lowest BCUT2D eigenvalue weighted by atomic mass is 10.1. The third kappa shape index (κ3) is 3.44. The summed E-state index contributed by atoms with van der Waals surface area (Å²) in [6.07, 6.45) is 1.38. The molecular weight excluding hydrogens is 379 g/mol. The van der Waals surface area contributed by atoms with Crippen LogP contribution in [0.4, 0.5) is 5.69 Å². The molecule has 1 saturated heterocycles. The van der Waals surface area contributed by atoms with Crippen molar-refractivity contribution in [2.75, 3.05) is 4.90 Å². The largest absolute Gasteiger partial charge is 0.298 e. The van der Waals surface area contributed by atoms with Gasteiger partial charge < -0.3 is 0 Å². The van der Waals surface area contributed by atoms with E-state index in [1.807, 2.05) is 25.1 Å². The van der Waals surface area contributed by atoms with E-state index in [1.54, 1.807) is 24.3 Å². The fourth-order valence-corrected chi connectivity index (χ4v) is 3.24. The van der Waals surface area contributed by atoms with E-state index in [0.717, 1.165) is 5.56 Å². The van der Waals surface area contributed by atoms with Crippen LogP contribution >= 0.6 is 35.4 Å². The molecule has 4 nitrogen and oxygen atoms in total. The van der Waals surface area contributed by atoms with E-state index in [2.05, 4.69) is 5.32 Å². The standard InChI is InChI=1S/C18H12Cl2N2O2S/c1-10-4-2-5-11(8-10)22-17(24)13(16(23)21-18(22)25)9-12-14(19)6-3-7-15(12)20/h2-9H,1H3,(H,21,23,25). The maximum Gasteiger partial charge on any atom is 0.270 e. The predicted molar refractivity (Wildman–Crippen MR) is 104 cm³/mol. The highest BCUT2D eigenvalue weighted by Gasteiger charge is 2.34. The van der Waals surface area contributed by atoms with Gasteiger partial charge in [-0.25, -0.2) is 0 Å². The minimum atomic E-state index is -0.588. The number of carbonyl (C=O) groups is 2. The van der Waals surface area contributed by atoms with Gasteiger partial charge in [0.05, 0.1) is 5.69 Å². The van der Waals surface area contributed by atoms with Crippen LogP contribution in [0.2, 0.25) is 10.0 Å². The molecule has 0 unspecified atom stereocenters. The number of carbonyl (C=O) groups excluding carboxylic acids is 2. The van der Waals surface area contributed by atoms with E-state index < -0.39 is 11.8 Å². The highest BCUT2D eigenvalue weighted by atomic mass is 35.5. The quantitative estimate of drug-likeness (QED) is 0.476. The second-order valence-corrected chi connectivity index (χ2v) is 6.63. The molecule has 0 bridgehead atoms. The first-order chi connectivity index (χ1) is 11.9. The van der Waals surface area contributed by atoms with Crippen LogP contribution in [0, 0.1) is 6.92 Å². The highest BCUT2D eigenvalue weighted by molar-refractivity contribution is 7.80. The van der Waals surface area contributed by atoms with Crippen molar-refractivity contribution in [3.8, 4) is 0 Å². The summed E-state index contributed by atoms with van der Waals surface area (Å²) in [6, 6.07) is 12.2. The van der Waals surface area contributed by atoms with Crippen LogP contribution < -0.4 is 10.2 Å². The summed E-state index contributed by atoms with van der Waals surface area (Å²) in [6.45, 7) is 1.90. The molecule has 126 valence electrons. The van der Waals surface area contributed by atoms with Gasteiger partial charge >= 0.3 is 0 Å². The van der Waals surface area contributed by atoms with Crippen molar-refractivity contribution in [2.24, 2.45) is 0 Å². The van der Waals surface area contributed by atoms with Crippen LogP contribution in [0.5, 0.6) is 0 Å². The summed E-state index contributed by atoms with van der Waals surface area (Å²) >= 11 is 17.4. The average Bonchev–Trinajstić information content (AvgIpc) is 2.53. The molecule has 25 heavy (non-hydrogen) atoms. The first kappa shape index (κ1) is 17.6. The van der Waals surface area contributed by atoms with Gasteiger partial charge in [-0.3, -0.25) is 19.8 Å². The molecule has 1 fully saturated rings. The molecule has 1 heterocycles. The Morgan fingerprint density at radius 3 is 2.36 bits per heavy atom. The van der Waals surface area contributed by atoms with Gasteiger partial charge in [0.25, 0.3) is 11.8 Å². The SMILES string of the molecule is Cc1cccc(N2C(=O)C(=Cc3c(Cl)cccc3Cl)C(=O)NC2=S)c1. The van der Waals surface area contributed by atoms with Crippen molar-refractivity contribution >= 4 is 64.1 Å². The number of thiocarbonyl (C=S) groups is 1. The molecule has 1 aliphatic heterocycles. The van der Waals surface area contributed by atoms with Gasteiger partial charge in [0.1, 0.15) is 5.57 Å². The molecule has 7 heteroatoms. The summed E-state index contributed by atoms with van der Waals surface area (Å²) in [5.74, 6) is -1.12. The number of nitrogens with zero attached hydrogens (tertiary/aromatic N) is 1. The number of benzene rings is 2. The van der Waals surface area contributed by atoms with Crippen molar-refractivity contribution in [3.63, 3.8) is 0 Å². The Morgan fingerprint density at radius 1 is 1.08 bits per heavy atom. The summed E-state index contributed by atoms with van der Waals surface area (Å²) in [4.78, 5) is 26.5. The average molecular weight is 391 g/mol. The second-order valence-electron chi connectivity index (χ2n) is 5.43. The van der Waals surface area contributed by atoms with E-state index in [-0.39, 0.29) is 10.7 Å². The summed E-state index contributed by atoms with van der Waals surface area (Å²) in [7, 11) is 0. The molecule has 0 atom stereocenters. The molecular formula is C18H12Cl2N2O2S. The van der Waals surface area contributed by atoms with Gasteiger partial charge in [-0.1, -0.05) is 41.4 Å². The van der Waals surface area contributed by atoms with Crippen LogP contribution in [0.3, 0.4) is 0 Å². The third-order valence-electron chi connectivity index (χ3n) is 3.65. The Labute approximate surface area is 160 Å². The second kappa shape index (κ2) is 6.96. The van der Waals surface area contributed by atoms with E-state index in [4.69, 9.17) is 35.4 Å². The van der Waals surface area contributed by atoms with Gasteiger partial charge in [0.15, 0.2) is 5.11 Å². The van der Waals surface area contributed by atoms with Crippen molar-refractivity contribution in [3.05, 3.63) is 69.2 Å². The minimum absolute atomic E-state index is 0.0306. The van der Waals surface area contributed by atoms with Crippen molar-refractivity contribution in [1.29, 1.82) is 0 Å². The number of hydrogen-bond donors (Lipinski definition) is 1. The van der Waals surface area contributed by atoms with Crippen molar-refractivity contribution in [2.45, 2.75) is 6.92 Å². The van der Waals surface area contributed by atoms with E-state index in [9.17, 15) is 9.59 Å². The number of aryl methyl sites for hydroxylation is 1. The van der Waals surface area contributed by atoms with Gasteiger partial charge in [-0.2, -0.15) is 0 Å². The van der Waals surface area contributed by atoms with Crippen LogP contribution in [0.15, 0.2) is 48.0 Å². The molecule has 0 spiro atoms. The molecule has 1 N–H and O–H groups in total. The Balaban J connectivity index is 2.09. The van der Waals surface area contributed by atoms with Crippen LogP contribution in [0.25, 0.3) is 6.08 Å². The summed E-state index contributed by atoms with van der Waals surface area (Å²) in [5.41, 5.74) is 1.85. The topological polar surface area (TPSA) is 49.4 Å². The number of anilines is 1.